The summed E-state index contributed by atoms with van der Waals surface area (Å²) in [6.07, 6.45) is -0.231. The monoisotopic (exact) mass is 176 g/mol. The molecular formula is C6H12N2O4. The van der Waals surface area contributed by atoms with Gasteiger partial charge in [-0.25, -0.2) is 4.79 Å². The van der Waals surface area contributed by atoms with Gasteiger partial charge in [-0.15, -0.1) is 0 Å². The van der Waals surface area contributed by atoms with Gasteiger partial charge in [0.05, 0.1) is 0 Å². The molecule has 1 atom stereocenters. The fraction of sp³-hybridized carbons (Fsp3) is 0.333. The molecule has 0 unspecified atom stereocenters. The second-order valence-electron chi connectivity index (χ2n) is 2.06. The van der Waals surface area contributed by atoms with E-state index in [-0.39, 0.29) is 18.1 Å². The minimum atomic E-state index is -1.23. The molecule has 0 fully saturated rings. The lowest BCUT2D eigenvalue weighted by molar-refractivity contribution is -0.138. The van der Waals surface area contributed by atoms with E-state index < -0.39 is 18.0 Å². The summed E-state index contributed by atoms with van der Waals surface area (Å²) in [6, 6.07) is -1.18. The van der Waals surface area contributed by atoms with Crippen LogP contribution in [-0.4, -0.2) is 28.2 Å². The Bertz CT molecular complexity index is 202. The Labute approximate surface area is 69.3 Å². The van der Waals surface area contributed by atoms with Gasteiger partial charge in [0.1, 0.15) is 6.04 Å². The molecule has 0 spiro atoms. The lowest BCUT2D eigenvalue weighted by atomic mass is 10.1. The summed E-state index contributed by atoms with van der Waals surface area (Å²) < 4.78 is 0. The lowest BCUT2D eigenvalue weighted by Crippen LogP contribution is -2.31. The zero-order valence-corrected chi connectivity index (χ0v) is 6.49. The summed E-state index contributed by atoms with van der Waals surface area (Å²) >= 11 is 0. The molecule has 0 rings (SSSR count). The maximum Gasteiger partial charge on any atom is 0.331 e. The smallest absolute Gasteiger partial charge is 0.331 e. The zero-order chi connectivity index (χ0) is 9.02. The minimum Gasteiger partial charge on any atom is -0.480 e. The van der Waals surface area contributed by atoms with E-state index in [1.807, 2.05) is 0 Å². The number of hydrogen-bond acceptors (Lipinski definition) is 4. The largest absolute Gasteiger partial charge is 0.480 e. The first-order chi connectivity index (χ1) is 4.95. The first-order valence-electron chi connectivity index (χ1n) is 2.84. The first-order valence-corrected chi connectivity index (χ1v) is 2.84. The molecule has 12 heavy (non-hydrogen) atoms. The Balaban J connectivity index is 0. The molecule has 0 aliphatic carbocycles. The average Bonchev–Trinajstić information content (AvgIpc) is 1.87. The molecule has 0 bridgehead atoms. The average molecular weight is 176 g/mol. The van der Waals surface area contributed by atoms with Crippen LogP contribution >= 0.6 is 0 Å². The van der Waals surface area contributed by atoms with Crippen LogP contribution in [0.1, 0.15) is 6.42 Å². The van der Waals surface area contributed by atoms with Crippen molar-refractivity contribution in [2.45, 2.75) is 12.5 Å². The number of rotatable bonds is 4. The second kappa shape index (κ2) is 5.28. The summed E-state index contributed by atoms with van der Waals surface area (Å²) in [7, 11) is 0. The number of aliphatic carboxylic acids is 2. The van der Waals surface area contributed by atoms with E-state index in [0.29, 0.717) is 0 Å². The van der Waals surface area contributed by atoms with Crippen molar-refractivity contribution >= 4 is 11.9 Å². The van der Waals surface area contributed by atoms with Crippen LogP contribution in [0.3, 0.4) is 0 Å². The molecule has 0 aromatic heterocycles. The summed E-state index contributed by atoms with van der Waals surface area (Å²) in [5.74, 6) is -2.45. The minimum absolute atomic E-state index is 0. The third-order valence-corrected chi connectivity index (χ3v) is 1.09. The molecule has 7 N–H and O–H groups in total. The van der Waals surface area contributed by atoms with E-state index in [9.17, 15) is 9.59 Å². The molecule has 0 aliphatic rings. The number of carboxylic acids is 2. The van der Waals surface area contributed by atoms with Crippen LogP contribution in [0.5, 0.6) is 0 Å². The van der Waals surface area contributed by atoms with Crippen LogP contribution in [0.25, 0.3) is 0 Å². The van der Waals surface area contributed by atoms with Gasteiger partial charge in [-0.2, -0.15) is 0 Å². The molecule has 0 aromatic rings. The van der Waals surface area contributed by atoms with Gasteiger partial charge in [-0.3, -0.25) is 4.79 Å². The Morgan fingerprint density at radius 2 is 1.83 bits per heavy atom. The Morgan fingerprint density at radius 3 is 2.08 bits per heavy atom. The van der Waals surface area contributed by atoms with Gasteiger partial charge in [0.15, 0.2) is 0 Å². The molecule has 70 valence electrons. The molecule has 6 nitrogen and oxygen atoms in total. The zero-order valence-electron chi connectivity index (χ0n) is 6.49. The van der Waals surface area contributed by atoms with Crippen LogP contribution in [0, 0.1) is 0 Å². The lowest BCUT2D eigenvalue weighted by Gasteiger charge is -2.04. The van der Waals surface area contributed by atoms with Crippen molar-refractivity contribution in [3.63, 3.8) is 0 Å². The van der Waals surface area contributed by atoms with Gasteiger partial charge in [0.25, 0.3) is 0 Å². The van der Waals surface area contributed by atoms with Crippen molar-refractivity contribution in [3.8, 4) is 0 Å². The number of carboxylic acid groups (broad SMARTS) is 2. The van der Waals surface area contributed by atoms with Crippen LogP contribution in [0.4, 0.5) is 0 Å². The maximum atomic E-state index is 10.1. The second-order valence-corrected chi connectivity index (χ2v) is 2.06. The van der Waals surface area contributed by atoms with Gasteiger partial charge in [0.2, 0.25) is 0 Å². The van der Waals surface area contributed by atoms with Crippen LogP contribution in [0.15, 0.2) is 12.2 Å². The molecule has 0 saturated heterocycles. The van der Waals surface area contributed by atoms with Crippen molar-refractivity contribution in [2.75, 3.05) is 0 Å². The van der Waals surface area contributed by atoms with Crippen molar-refractivity contribution in [1.29, 1.82) is 0 Å². The summed E-state index contributed by atoms with van der Waals surface area (Å²) in [6.45, 7) is 3.13. The standard InChI is InChI=1S/C6H9NO4.H3N/c1-3(5(8)9)2-4(7)6(10)11;/h4H,1-2,7H2,(H,8,9)(H,10,11);1H3/t4-;/m0./s1. The third kappa shape index (κ3) is 4.42. The molecule has 0 amide bonds. The predicted molar refractivity (Wildman–Crippen MR) is 42.0 cm³/mol. The van der Waals surface area contributed by atoms with Gasteiger partial charge >= 0.3 is 11.9 Å². The summed E-state index contributed by atoms with van der Waals surface area (Å²) in [4.78, 5) is 20.2. The maximum absolute atomic E-state index is 10.1. The van der Waals surface area contributed by atoms with Crippen molar-refractivity contribution in [2.24, 2.45) is 5.73 Å². The van der Waals surface area contributed by atoms with E-state index in [0.717, 1.165) is 0 Å². The van der Waals surface area contributed by atoms with Crippen molar-refractivity contribution in [3.05, 3.63) is 12.2 Å². The van der Waals surface area contributed by atoms with Gasteiger partial charge in [-0.1, -0.05) is 6.58 Å². The fourth-order valence-electron chi connectivity index (χ4n) is 0.440. The molecule has 0 radical (unpaired) electrons. The highest BCUT2D eigenvalue weighted by Crippen LogP contribution is 2.00. The van der Waals surface area contributed by atoms with Gasteiger partial charge in [-0.05, 0) is 0 Å². The van der Waals surface area contributed by atoms with E-state index in [2.05, 4.69) is 6.58 Å². The molecule has 0 aromatic carbocycles. The predicted octanol–water partition coefficient (Wildman–Crippen LogP) is -0.409. The fourth-order valence-corrected chi connectivity index (χ4v) is 0.440. The number of nitrogens with two attached hydrogens (primary N) is 1. The van der Waals surface area contributed by atoms with E-state index in [1.165, 1.54) is 0 Å². The van der Waals surface area contributed by atoms with Crippen LogP contribution in [0.2, 0.25) is 0 Å². The third-order valence-electron chi connectivity index (χ3n) is 1.09. The Kier molecular flexibility index (Phi) is 5.81. The number of carbonyl (C=O) groups is 2. The van der Waals surface area contributed by atoms with Crippen molar-refractivity contribution < 1.29 is 19.8 Å². The van der Waals surface area contributed by atoms with E-state index in [1.54, 1.807) is 0 Å². The Hall–Kier alpha value is -1.40. The molecular weight excluding hydrogens is 164 g/mol. The summed E-state index contributed by atoms with van der Waals surface area (Å²) in [5.41, 5.74) is 4.84. The summed E-state index contributed by atoms with van der Waals surface area (Å²) in [5, 5.41) is 16.5. The SMILES string of the molecule is C=C(C[C@H](N)C(=O)O)C(=O)O.N. The molecule has 0 aliphatic heterocycles. The van der Waals surface area contributed by atoms with Crippen molar-refractivity contribution in [1.82, 2.24) is 6.15 Å². The van der Waals surface area contributed by atoms with Crippen LogP contribution < -0.4 is 11.9 Å². The van der Waals surface area contributed by atoms with Crippen LogP contribution in [-0.2, 0) is 9.59 Å². The number of hydrogen-bond donors (Lipinski definition) is 4. The topological polar surface area (TPSA) is 136 Å². The van der Waals surface area contributed by atoms with Gasteiger partial charge in [0, 0.05) is 12.0 Å². The normalized spacial score (nSPS) is 11.1. The Morgan fingerprint density at radius 1 is 1.42 bits per heavy atom. The highest BCUT2D eigenvalue weighted by molar-refractivity contribution is 5.87. The van der Waals surface area contributed by atoms with E-state index >= 15 is 0 Å². The molecule has 0 heterocycles. The highest BCUT2D eigenvalue weighted by atomic mass is 16.4. The molecule has 6 heteroatoms. The van der Waals surface area contributed by atoms with Gasteiger partial charge < -0.3 is 22.1 Å². The highest BCUT2D eigenvalue weighted by Gasteiger charge is 2.15. The van der Waals surface area contributed by atoms with E-state index in [4.69, 9.17) is 15.9 Å². The quantitative estimate of drug-likeness (QED) is 0.430. The molecule has 0 saturated carbocycles. The first kappa shape index (κ1) is 13.2.